The SMILES string of the molecule is C[C@H]1CC[C@@H](C(=O)NCCN2c3ccccc3NS2(=O)=O)O1. The van der Waals surface area contributed by atoms with Crippen LogP contribution < -0.4 is 14.3 Å². The number of amides is 1. The Labute approximate surface area is 129 Å². The van der Waals surface area contributed by atoms with Gasteiger partial charge in [0, 0.05) is 6.54 Å². The van der Waals surface area contributed by atoms with Crippen LogP contribution in [0.4, 0.5) is 11.4 Å². The molecular weight excluding hydrogens is 306 g/mol. The van der Waals surface area contributed by atoms with Gasteiger partial charge in [0.05, 0.1) is 24.0 Å². The summed E-state index contributed by atoms with van der Waals surface area (Å²) in [6, 6.07) is 6.99. The summed E-state index contributed by atoms with van der Waals surface area (Å²) in [5.74, 6) is -0.179. The van der Waals surface area contributed by atoms with Crippen molar-refractivity contribution >= 4 is 27.5 Å². The molecule has 2 heterocycles. The fourth-order valence-corrected chi connectivity index (χ4v) is 4.04. The van der Waals surface area contributed by atoms with E-state index in [1.165, 1.54) is 4.31 Å². The van der Waals surface area contributed by atoms with Gasteiger partial charge >= 0.3 is 10.2 Å². The van der Waals surface area contributed by atoms with Crippen molar-refractivity contribution in [3.8, 4) is 0 Å². The molecule has 22 heavy (non-hydrogen) atoms. The summed E-state index contributed by atoms with van der Waals surface area (Å²) < 4.78 is 33.4. The molecule has 7 nitrogen and oxygen atoms in total. The minimum absolute atomic E-state index is 0.103. The van der Waals surface area contributed by atoms with Crippen molar-refractivity contribution in [1.82, 2.24) is 5.32 Å². The summed E-state index contributed by atoms with van der Waals surface area (Å²) in [4.78, 5) is 12.0. The Balaban J connectivity index is 1.58. The average molecular weight is 325 g/mol. The van der Waals surface area contributed by atoms with Gasteiger partial charge < -0.3 is 10.1 Å². The molecule has 8 heteroatoms. The number of benzene rings is 1. The molecule has 3 rings (SSSR count). The summed E-state index contributed by atoms with van der Waals surface area (Å²) >= 11 is 0. The van der Waals surface area contributed by atoms with Gasteiger partial charge in [-0.05, 0) is 31.9 Å². The third-order valence-corrected chi connectivity index (χ3v) is 5.28. The van der Waals surface area contributed by atoms with Gasteiger partial charge in [0.15, 0.2) is 0 Å². The molecule has 1 aromatic rings. The van der Waals surface area contributed by atoms with Crippen molar-refractivity contribution in [3.63, 3.8) is 0 Å². The third-order valence-electron chi connectivity index (χ3n) is 3.84. The second-order valence-corrected chi connectivity index (χ2v) is 7.10. The molecule has 2 aliphatic rings. The van der Waals surface area contributed by atoms with E-state index in [0.717, 1.165) is 6.42 Å². The van der Waals surface area contributed by atoms with Gasteiger partial charge in [-0.15, -0.1) is 0 Å². The molecule has 0 saturated carbocycles. The van der Waals surface area contributed by atoms with Crippen LogP contribution >= 0.6 is 0 Å². The Kier molecular flexibility index (Phi) is 3.96. The summed E-state index contributed by atoms with van der Waals surface area (Å²) in [5, 5.41) is 2.74. The fourth-order valence-electron chi connectivity index (χ4n) is 2.73. The van der Waals surface area contributed by atoms with Crippen LogP contribution in [0.1, 0.15) is 19.8 Å². The number of fused-ring (bicyclic) bond motifs is 1. The molecule has 0 aromatic heterocycles. The van der Waals surface area contributed by atoms with E-state index < -0.39 is 16.3 Å². The minimum atomic E-state index is -3.57. The van der Waals surface area contributed by atoms with E-state index in [-0.39, 0.29) is 25.1 Å². The van der Waals surface area contributed by atoms with E-state index in [2.05, 4.69) is 10.0 Å². The van der Waals surface area contributed by atoms with Gasteiger partial charge in [0.1, 0.15) is 6.10 Å². The first-order chi connectivity index (χ1) is 10.5. The predicted molar refractivity (Wildman–Crippen MR) is 82.9 cm³/mol. The van der Waals surface area contributed by atoms with Crippen molar-refractivity contribution < 1.29 is 17.9 Å². The maximum atomic E-state index is 12.1. The topological polar surface area (TPSA) is 87.7 Å². The molecule has 1 aromatic carbocycles. The molecule has 2 aliphatic heterocycles. The molecule has 1 fully saturated rings. The molecule has 120 valence electrons. The number of rotatable bonds is 4. The smallest absolute Gasteiger partial charge is 0.324 e. The molecule has 0 bridgehead atoms. The Morgan fingerprint density at radius 2 is 2.18 bits per heavy atom. The van der Waals surface area contributed by atoms with E-state index in [9.17, 15) is 13.2 Å². The zero-order valence-corrected chi connectivity index (χ0v) is 13.1. The molecule has 2 atom stereocenters. The number of carbonyl (C=O) groups is 1. The van der Waals surface area contributed by atoms with E-state index in [1.54, 1.807) is 24.3 Å². The van der Waals surface area contributed by atoms with Gasteiger partial charge in [-0.2, -0.15) is 8.42 Å². The lowest BCUT2D eigenvalue weighted by Crippen LogP contribution is -2.41. The minimum Gasteiger partial charge on any atom is -0.365 e. The van der Waals surface area contributed by atoms with E-state index >= 15 is 0 Å². The largest absolute Gasteiger partial charge is 0.365 e. The molecule has 1 amide bonds. The second kappa shape index (κ2) is 5.77. The summed E-state index contributed by atoms with van der Waals surface area (Å²) in [6.07, 6.45) is 1.26. The first kappa shape index (κ1) is 15.1. The number of nitrogens with zero attached hydrogens (tertiary/aromatic N) is 1. The van der Waals surface area contributed by atoms with Crippen molar-refractivity contribution in [2.45, 2.75) is 32.0 Å². The fraction of sp³-hybridized carbons (Fsp3) is 0.500. The third kappa shape index (κ3) is 2.89. The van der Waals surface area contributed by atoms with Crippen LogP contribution in [0.25, 0.3) is 0 Å². The van der Waals surface area contributed by atoms with Crippen molar-refractivity contribution in [3.05, 3.63) is 24.3 Å². The first-order valence-electron chi connectivity index (χ1n) is 7.30. The summed E-state index contributed by atoms with van der Waals surface area (Å²) in [5.41, 5.74) is 1.16. The standard InChI is InChI=1S/C14H19N3O4S/c1-10-6-7-13(21-10)14(18)15-8-9-17-12-5-3-2-4-11(12)16-22(17,19)20/h2-5,10,13,16H,6-9H2,1H3,(H,15,18)/t10-,13-/m0/s1. The van der Waals surface area contributed by atoms with Crippen molar-refractivity contribution in [2.75, 3.05) is 22.1 Å². The second-order valence-electron chi connectivity index (χ2n) is 5.50. The maximum absolute atomic E-state index is 12.1. The lowest BCUT2D eigenvalue weighted by atomic mass is 10.2. The summed E-state index contributed by atoms with van der Waals surface area (Å²) in [7, 11) is -3.57. The lowest BCUT2D eigenvalue weighted by molar-refractivity contribution is -0.131. The molecular formula is C14H19N3O4S. The maximum Gasteiger partial charge on any atom is 0.324 e. The Hall–Kier alpha value is -1.80. The number of anilines is 2. The quantitative estimate of drug-likeness (QED) is 0.859. The van der Waals surface area contributed by atoms with Crippen LogP contribution in [-0.4, -0.2) is 39.6 Å². The zero-order valence-electron chi connectivity index (χ0n) is 12.3. The van der Waals surface area contributed by atoms with Crippen molar-refractivity contribution in [1.29, 1.82) is 0 Å². The van der Waals surface area contributed by atoms with Gasteiger partial charge in [0.25, 0.3) is 0 Å². The van der Waals surface area contributed by atoms with Gasteiger partial charge in [-0.25, -0.2) is 4.31 Å². The molecule has 0 radical (unpaired) electrons. The van der Waals surface area contributed by atoms with Gasteiger partial charge in [-0.1, -0.05) is 12.1 Å². The zero-order chi connectivity index (χ0) is 15.7. The van der Waals surface area contributed by atoms with E-state index in [4.69, 9.17) is 4.74 Å². The Bertz CT molecular complexity index is 676. The van der Waals surface area contributed by atoms with Gasteiger partial charge in [0.2, 0.25) is 5.91 Å². The average Bonchev–Trinajstić information content (AvgIpc) is 3.00. The Morgan fingerprint density at radius 1 is 1.41 bits per heavy atom. The molecule has 2 N–H and O–H groups in total. The van der Waals surface area contributed by atoms with E-state index in [0.29, 0.717) is 17.8 Å². The number of para-hydroxylation sites is 2. The number of hydrogen-bond donors (Lipinski definition) is 2. The monoisotopic (exact) mass is 325 g/mol. The summed E-state index contributed by atoms with van der Waals surface area (Å²) in [6.45, 7) is 2.36. The number of carbonyl (C=O) groups excluding carboxylic acids is 1. The van der Waals surface area contributed by atoms with Crippen LogP contribution in [0.2, 0.25) is 0 Å². The van der Waals surface area contributed by atoms with Crippen LogP contribution in [0.15, 0.2) is 24.3 Å². The van der Waals surface area contributed by atoms with Crippen LogP contribution in [0, 0.1) is 0 Å². The highest BCUT2D eigenvalue weighted by Crippen LogP contribution is 2.34. The predicted octanol–water partition coefficient (Wildman–Crippen LogP) is 0.847. The Morgan fingerprint density at radius 3 is 2.91 bits per heavy atom. The normalized spacial score (nSPS) is 25.6. The molecule has 1 saturated heterocycles. The number of hydrogen-bond acceptors (Lipinski definition) is 4. The highest BCUT2D eigenvalue weighted by molar-refractivity contribution is 7.94. The van der Waals surface area contributed by atoms with Crippen LogP contribution in [0.5, 0.6) is 0 Å². The van der Waals surface area contributed by atoms with E-state index in [1.807, 2.05) is 6.92 Å². The van der Waals surface area contributed by atoms with Crippen LogP contribution in [-0.2, 0) is 19.7 Å². The highest BCUT2D eigenvalue weighted by Gasteiger charge is 2.32. The van der Waals surface area contributed by atoms with Crippen LogP contribution in [0.3, 0.4) is 0 Å². The number of ether oxygens (including phenoxy) is 1. The van der Waals surface area contributed by atoms with Gasteiger partial charge in [-0.3, -0.25) is 9.52 Å². The lowest BCUT2D eigenvalue weighted by Gasteiger charge is -2.18. The first-order valence-corrected chi connectivity index (χ1v) is 8.74. The highest BCUT2D eigenvalue weighted by atomic mass is 32.2. The molecule has 0 aliphatic carbocycles. The molecule has 0 unspecified atom stereocenters. The molecule has 0 spiro atoms. The van der Waals surface area contributed by atoms with Crippen molar-refractivity contribution in [2.24, 2.45) is 0 Å². The number of nitrogens with one attached hydrogen (secondary N) is 2.